The topological polar surface area (TPSA) is 83.9 Å². The van der Waals surface area contributed by atoms with Gasteiger partial charge >= 0.3 is 0 Å². The van der Waals surface area contributed by atoms with Gasteiger partial charge in [0.15, 0.2) is 0 Å². The predicted octanol–water partition coefficient (Wildman–Crippen LogP) is 2.53. The van der Waals surface area contributed by atoms with Crippen molar-refractivity contribution in [2.45, 2.75) is 39.0 Å². The Morgan fingerprint density at radius 3 is 2.88 bits per heavy atom. The van der Waals surface area contributed by atoms with Gasteiger partial charge in [-0.05, 0) is 19.3 Å². The van der Waals surface area contributed by atoms with E-state index >= 15 is 0 Å². The fourth-order valence-electron chi connectivity index (χ4n) is 2.77. The quantitative estimate of drug-likeness (QED) is 0.865. The van der Waals surface area contributed by atoms with E-state index in [1.807, 2.05) is 0 Å². The molecule has 1 saturated heterocycles. The van der Waals surface area contributed by atoms with Crippen molar-refractivity contribution in [2.75, 3.05) is 23.3 Å². The summed E-state index contributed by atoms with van der Waals surface area (Å²) in [6.45, 7) is 3.78. The Labute approximate surface area is 145 Å². The molecule has 24 heavy (non-hydrogen) atoms. The lowest BCUT2D eigenvalue weighted by molar-refractivity contribution is -0.120. The van der Waals surface area contributed by atoms with Crippen LogP contribution in [0.25, 0.3) is 0 Å². The first-order valence-electron chi connectivity index (χ1n) is 8.40. The summed E-state index contributed by atoms with van der Waals surface area (Å²) in [6.07, 6.45) is 9.91. The van der Waals surface area contributed by atoms with E-state index < -0.39 is 0 Å². The van der Waals surface area contributed by atoms with Crippen LogP contribution in [-0.2, 0) is 11.2 Å². The minimum absolute atomic E-state index is 0.0147. The molecule has 0 radical (unpaired) electrons. The van der Waals surface area contributed by atoms with Crippen molar-refractivity contribution in [1.82, 2.24) is 20.2 Å². The number of rotatable bonds is 6. The third-order valence-electron chi connectivity index (χ3n) is 4.18. The first kappa shape index (κ1) is 16.8. The normalized spacial score (nSPS) is 15.5. The summed E-state index contributed by atoms with van der Waals surface area (Å²) < 4.78 is 0. The first-order valence-corrected chi connectivity index (χ1v) is 9.22. The highest BCUT2D eigenvalue weighted by atomic mass is 32.1. The molecule has 2 aromatic rings. The first-order chi connectivity index (χ1) is 11.8. The van der Waals surface area contributed by atoms with Gasteiger partial charge in [-0.15, -0.1) is 10.2 Å². The molecule has 128 valence electrons. The van der Waals surface area contributed by atoms with Crippen molar-refractivity contribution < 1.29 is 4.79 Å². The van der Waals surface area contributed by atoms with E-state index in [9.17, 15) is 4.79 Å². The van der Waals surface area contributed by atoms with Gasteiger partial charge in [0.1, 0.15) is 10.8 Å². The van der Waals surface area contributed by atoms with E-state index in [1.165, 1.54) is 11.3 Å². The van der Waals surface area contributed by atoms with Gasteiger partial charge in [0.25, 0.3) is 0 Å². The van der Waals surface area contributed by atoms with Crippen LogP contribution in [0.4, 0.5) is 10.9 Å². The van der Waals surface area contributed by atoms with Crippen LogP contribution in [0.1, 0.15) is 37.6 Å². The Kier molecular flexibility index (Phi) is 5.68. The lowest BCUT2D eigenvalue weighted by Gasteiger charge is -2.31. The van der Waals surface area contributed by atoms with Gasteiger partial charge in [-0.3, -0.25) is 9.78 Å². The van der Waals surface area contributed by atoms with Crippen LogP contribution in [-0.4, -0.2) is 39.2 Å². The van der Waals surface area contributed by atoms with Crippen molar-refractivity contribution in [3.63, 3.8) is 0 Å². The van der Waals surface area contributed by atoms with Gasteiger partial charge in [-0.2, -0.15) is 0 Å². The van der Waals surface area contributed by atoms with Gasteiger partial charge in [0, 0.05) is 37.8 Å². The molecule has 1 fully saturated rings. The number of aromatic nitrogens is 4. The Morgan fingerprint density at radius 2 is 2.17 bits per heavy atom. The van der Waals surface area contributed by atoms with Crippen molar-refractivity contribution >= 4 is 28.2 Å². The molecule has 0 atom stereocenters. The lowest BCUT2D eigenvalue weighted by atomic mass is 9.96. The number of hydrogen-bond donors (Lipinski definition) is 1. The Balaban J connectivity index is 1.49. The van der Waals surface area contributed by atoms with Crippen molar-refractivity contribution in [3.8, 4) is 0 Å². The molecular formula is C16H22N6OS. The second-order valence-corrected chi connectivity index (χ2v) is 6.98. The highest BCUT2D eigenvalue weighted by molar-refractivity contribution is 7.15. The van der Waals surface area contributed by atoms with Gasteiger partial charge in [0.2, 0.25) is 11.0 Å². The molecular weight excluding hydrogens is 324 g/mol. The zero-order valence-electron chi connectivity index (χ0n) is 13.8. The van der Waals surface area contributed by atoms with E-state index in [-0.39, 0.29) is 11.8 Å². The van der Waals surface area contributed by atoms with Gasteiger partial charge < -0.3 is 10.2 Å². The van der Waals surface area contributed by atoms with E-state index in [0.29, 0.717) is 5.13 Å². The number of nitrogens with one attached hydrogen (secondary N) is 1. The maximum Gasteiger partial charge on any atom is 0.229 e. The second-order valence-electron chi connectivity index (χ2n) is 5.92. The minimum atomic E-state index is 0.0147. The fraction of sp³-hybridized carbons (Fsp3) is 0.562. The fourth-order valence-corrected chi connectivity index (χ4v) is 3.55. The summed E-state index contributed by atoms with van der Waals surface area (Å²) in [5, 5.41) is 12.7. The van der Waals surface area contributed by atoms with E-state index in [2.05, 4.69) is 37.3 Å². The zero-order chi connectivity index (χ0) is 16.8. The van der Waals surface area contributed by atoms with Gasteiger partial charge in [0.05, 0.1) is 6.20 Å². The van der Waals surface area contributed by atoms with Crippen LogP contribution in [0.2, 0.25) is 0 Å². The second kappa shape index (κ2) is 8.14. The van der Waals surface area contributed by atoms with Crippen LogP contribution in [0.15, 0.2) is 18.6 Å². The van der Waals surface area contributed by atoms with Crippen LogP contribution in [0.5, 0.6) is 0 Å². The number of anilines is 2. The molecule has 0 bridgehead atoms. The average Bonchev–Trinajstić information content (AvgIpc) is 3.08. The highest BCUT2D eigenvalue weighted by Gasteiger charge is 2.26. The molecule has 0 spiro atoms. The van der Waals surface area contributed by atoms with E-state index in [0.717, 1.165) is 56.0 Å². The average molecular weight is 346 g/mol. The van der Waals surface area contributed by atoms with Crippen LogP contribution >= 0.6 is 11.3 Å². The molecule has 3 rings (SSSR count). The molecule has 0 aromatic carbocycles. The molecule has 8 heteroatoms. The summed E-state index contributed by atoms with van der Waals surface area (Å²) >= 11 is 1.48. The molecule has 1 aliphatic rings. The van der Waals surface area contributed by atoms with Crippen LogP contribution in [0, 0.1) is 5.92 Å². The SMILES string of the molecule is CCCCc1nnc(NC(=O)C2CCN(c3cnccn3)CC2)s1. The molecule has 7 nitrogen and oxygen atoms in total. The zero-order valence-corrected chi connectivity index (χ0v) is 14.6. The molecule has 0 saturated carbocycles. The number of nitrogens with zero attached hydrogens (tertiary/aromatic N) is 5. The Bertz CT molecular complexity index is 654. The molecule has 1 N–H and O–H groups in total. The van der Waals surface area contributed by atoms with E-state index in [4.69, 9.17) is 0 Å². The van der Waals surface area contributed by atoms with Crippen LogP contribution < -0.4 is 10.2 Å². The third kappa shape index (κ3) is 4.25. The predicted molar refractivity (Wildman–Crippen MR) is 94.1 cm³/mol. The number of aryl methyl sites for hydroxylation is 1. The molecule has 1 amide bonds. The summed E-state index contributed by atoms with van der Waals surface area (Å²) in [6, 6.07) is 0. The number of carbonyl (C=O) groups is 1. The monoisotopic (exact) mass is 346 g/mol. The summed E-state index contributed by atoms with van der Waals surface area (Å²) in [5.41, 5.74) is 0. The number of piperidine rings is 1. The van der Waals surface area contributed by atoms with E-state index in [1.54, 1.807) is 18.6 Å². The smallest absolute Gasteiger partial charge is 0.229 e. The van der Waals surface area contributed by atoms with Gasteiger partial charge in [-0.1, -0.05) is 24.7 Å². The maximum atomic E-state index is 12.4. The third-order valence-corrected chi connectivity index (χ3v) is 5.08. The molecule has 0 aliphatic carbocycles. The molecule has 3 heterocycles. The Hall–Kier alpha value is -2.09. The standard InChI is InChI=1S/C16H22N6OS/c1-2-3-4-14-20-21-16(24-14)19-15(23)12-5-9-22(10-6-12)13-11-17-7-8-18-13/h7-8,11-12H,2-6,9-10H2,1H3,(H,19,21,23). The lowest BCUT2D eigenvalue weighted by Crippen LogP contribution is -2.38. The Morgan fingerprint density at radius 1 is 1.33 bits per heavy atom. The number of carbonyl (C=O) groups excluding carboxylic acids is 1. The highest BCUT2D eigenvalue weighted by Crippen LogP contribution is 2.24. The number of amides is 1. The molecule has 2 aromatic heterocycles. The maximum absolute atomic E-state index is 12.4. The van der Waals surface area contributed by atoms with Crippen LogP contribution in [0.3, 0.4) is 0 Å². The molecule has 0 unspecified atom stereocenters. The summed E-state index contributed by atoms with van der Waals surface area (Å²) in [7, 11) is 0. The number of unbranched alkanes of at least 4 members (excludes halogenated alkanes) is 1. The number of hydrogen-bond acceptors (Lipinski definition) is 7. The van der Waals surface area contributed by atoms with Gasteiger partial charge in [-0.25, -0.2) is 4.98 Å². The largest absolute Gasteiger partial charge is 0.355 e. The van der Waals surface area contributed by atoms with Crippen molar-refractivity contribution in [3.05, 3.63) is 23.6 Å². The molecule has 1 aliphatic heterocycles. The van der Waals surface area contributed by atoms with Crippen molar-refractivity contribution in [1.29, 1.82) is 0 Å². The minimum Gasteiger partial charge on any atom is -0.355 e. The summed E-state index contributed by atoms with van der Waals surface area (Å²) in [5.74, 6) is 0.939. The van der Waals surface area contributed by atoms with Crippen molar-refractivity contribution in [2.24, 2.45) is 5.92 Å². The summed E-state index contributed by atoms with van der Waals surface area (Å²) in [4.78, 5) is 23.0.